The molecule has 0 spiro atoms. The quantitative estimate of drug-likeness (QED) is 0.282. The Morgan fingerprint density at radius 2 is 1.64 bits per heavy atom. The number of allylic oxidation sites excluding steroid dienone is 3. The maximum Gasteiger partial charge on any atom is 0.337 e. The van der Waals surface area contributed by atoms with Crippen molar-refractivity contribution in [3.63, 3.8) is 0 Å². The molecule has 230 valence electrons. The fraction of sp³-hybridized carbons (Fsp3) is 0.718. The van der Waals surface area contributed by atoms with Crippen molar-refractivity contribution in [1.29, 1.82) is 0 Å². The minimum atomic E-state index is -0.274. The van der Waals surface area contributed by atoms with Crippen LogP contribution in [0.4, 0.5) is 0 Å². The van der Waals surface area contributed by atoms with E-state index in [1.807, 2.05) is 12.1 Å². The molecule has 5 aliphatic carbocycles. The summed E-state index contributed by atoms with van der Waals surface area (Å²) in [5.74, 6) is 3.11. The van der Waals surface area contributed by atoms with Crippen LogP contribution in [-0.2, 0) is 4.74 Å². The van der Waals surface area contributed by atoms with Crippen LogP contribution in [0.3, 0.4) is 0 Å². The molecule has 1 aromatic carbocycles. The van der Waals surface area contributed by atoms with E-state index in [0.29, 0.717) is 52.6 Å². The molecule has 1 aromatic rings. The summed E-state index contributed by atoms with van der Waals surface area (Å²) in [6.45, 7) is 19.9. The van der Waals surface area contributed by atoms with Gasteiger partial charge in [0.15, 0.2) is 0 Å². The molecule has 3 nitrogen and oxygen atoms in total. The molecule has 0 amide bonds. The Morgan fingerprint density at radius 3 is 2.29 bits per heavy atom. The number of esters is 1. The number of aliphatic hydroxyl groups excluding tert-OH is 1. The van der Waals surface area contributed by atoms with Crippen LogP contribution in [0.5, 0.6) is 0 Å². The maximum absolute atomic E-state index is 12.1. The maximum atomic E-state index is 12.1. The van der Waals surface area contributed by atoms with Gasteiger partial charge in [0.1, 0.15) is 0 Å². The zero-order chi connectivity index (χ0) is 30.3. The van der Waals surface area contributed by atoms with Gasteiger partial charge in [0, 0.05) is 6.61 Å². The van der Waals surface area contributed by atoms with Gasteiger partial charge < -0.3 is 9.84 Å². The third-order valence-electron chi connectivity index (χ3n) is 14.9. The molecule has 42 heavy (non-hydrogen) atoms. The Balaban J connectivity index is 1.34. The lowest BCUT2D eigenvalue weighted by molar-refractivity contribution is -0.229. The lowest BCUT2D eigenvalue weighted by Gasteiger charge is -2.72. The van der Waals surface area contributed by atoms with E-state index in [2.05, 4.69) is 66.3 Å². The van der Waals surface area contributed by atoms with Gasteiger partial charge in [-0.15, -0.1) is 6.58 Å². The van der Waals surface area contributed by atoms with E-state index < -0.39 is 0 Å². The van der Waals surface area contributed by atoms with E-state index in [4.69, 9.17) is 4.74 Å². The lowest BCUT2D eigenvalue weighted by Crippen LogP contribution is -2.65. The number of carbonyl (C=O) groups excluding carboxylic acids is 1. The van der Waals surface area contributed by atoms with E-state index in [9.17, 15) is 9.90 Å². The average molecular weight is 573 g/mol. The van der Waals surface area contributed by atoms with E-state index in [-0.39, 0.29) is 22.2 Å². The Hall–Kier alpha value is -1.87. The van der Waals surface area contributed by atoms with Gasteiger partial charge in [-0.05, 0) is 151 Å². The first-order valence-corrected chi connectivity index (χ1v) is 16.9. The van der Waals surface area contributed by atoms with Gasteiger partial charge in [-0.25, -0.2) is 4.79 Å². The number of rotatable bonds is 5. The lowest BCUT2D eigenvalue weighted by atomic mass is 9.32. The number of aliphatic hydroxyl groups is 1. The van der Waals surface area contributed by atoms with Crippen molar-refractivity contribution in [2.75, 3.05) is 13.7 Å². The summed E-state index contributed by atoms with van der Waals surface area (Å²) in [6.07, 6.45) is 15.1. The van der Waals surface area contributed by atoms with Crippen LogP contribution >= 0.6 is 0 Å². The first-order chi connectivity index (χ1) is 19.8. The monoisotopic (exact) mass is 572 g/mol. The average Bonchev–Trinajstić information content (AvgIpc) is 3.31. The molecule has 6 rings (SSSR count). The van der Waals surface area contributed by atoms with Crippen LogP contribution in [-0.4, -0.2) is 24.8 Å². The van der Waals surface area contributed by atoms with Crippen LogP contribution in [0.15, 0.2) is 42.5 Å². The summed E-state index contributed by atoms with van der Waals surface area (Å²) in [7, 11) is 1.44. The topological polar surface area (TPSA) is 46.5 Å². The summed E-state index contributed by atoms with van der Waals surface area (Å²) in [5.41, 5.74) is 5.76. The number of fused-ring (bicyclic) bond motifs is 7. The van der Waals surface area contributed by atoms with Crippen LogP contribution in [0.2, 0.25) is 0 Å². The molecule has 4 fully saturated rings. The smallest absolute Gasteiger partial charge is 0.337 e. The first-order valence-electron chi connectivity index (χ1n) is 16.9. The Kier molecular flexibility index (Phi) is 7.24. The number of benzene rings is 1. The summed E-state index contributed by atoms with van der Waals surface area (Å²) in [6, 6.07) is 8.09. The molecule has 0 aromatic heterocycles. The summed E-state index contributed by atoms with van der Waals surface area (Å²) in [4.78, 5) is 12.1. The summed E-state index contributed by atoms with van der Waals surface area (Å²) < 4.78 is 4.94. The number of ether oxygens (including phenoxy) is 1. The van der Waals surface area contributed by atoms with Crippen molar-refractivity contribution in [2.45, 2.75) is 106 Å². The second-order valence-corrected chi connectivity index (χ2v) is 16.8. The van der Waals surface area contributed by atoms with Crippen molar-refractivity contribution in [1.82, 2.24) is 0 Å². The minimum Gasteiger partial charge on any atom is -0.465 e. The molecule has 9 atom stereocenters. The molecule has 3 heteroatoms. The fourth-order valence-corrected chi connectivity index (χ4v) is 12.8. The number of carbonyl (C=O) groups is 1. The van der Waals surface area contributed by atoms with Gasteiger partial charge in [0.05, 0.1) is 12.7 Å². The predicted octanol–water partition coefficient (Wildman–Crippen LogP) is 9.51. The standard InChI is InChI=1S/C39H56O3/c1-25(2)23-28-15-20-39(24-40)22-21-37(6)30(33(28)39)13-14-32-36(5)18-16-29(26-9-11-27(12-10-26)34(41)42-8)35(3,4)31(36)17-19-38(32,37)7/h9-12,16,28,30-33,40H,1,13-15,17-24H2,2-8H3. The van der Waals surface area contributed by atoms with Crippen molar-refractivity contribution in [3.05, 3.63) is 53.6 Å². The zero-order valence-corrected chi connectivity index (χ0v) is 27.5. The fourth-order valence-electron chi connectivity index (χ4n) is 12.8. The van der Waals surface area contributed by atoms with E-state index in [1.165, 1.54) is 75.2 Å². The number of hydrogen-bond acceptors (Lipinski definition) is 3. The van der Waals surface area contributed by atoms with Crippen LogP contribution in [0, 0.1) is 56.7 Å². The van der Waals surface area contributed by atoms with Crippen molar-refractivity contribution >= 4 is 11.5 Å². The van der Waals surface area contributed by atoms with Crippen LogP contribution in [0.1, 0.15) is 122 Å². The molecular formula is C39H56O3. The van der Waals surface area contributed by atoms with Crippen molar-refractivity contribution in [3.8, 4) is 0 Å². The van der Waals surface area contributed by atoms with Crippen molar-refractivity contribution in [2.24, 2.45) is 56.7 Å². The Bertz CT molecular complexity index is 1270. The predicted molar refractivity (Wildman–Crippen MR) is 172 cm³/mol. The highest BCUT2D eigenvalue weighted by molar-refractivity contribution is 5.89. The van der Waals surface area contributed by atoms with Crippen LogP contribution < -0.4 is 0 Å². The number of methoxy groups -OCH3 is 1. The van der Waals surface area contributed by atoms with Gasteiger partial charge in [-0.1, -0.05) is 58.4 Å². The SMILES string of the molecule is C=C(C)CC1CCC2(CO)CCC3(C)C(CCC4C5(C)CC=C(c6ccc(C(=O)OC)cc6)C(C)(C)C5CCC43C)C12. The van der Waals surface area contributed by atoms with Gasteiger partial charge in [0.2, 0.25) is 0 Å². The third-order valence-corrected chi connectivity index (χ3v) is 14.9. The van der Waals surface area contributed by atoms with E-state index in [0.717, 1.165) is 12.8 Å². The van der Waals surface area contributed by atoms with Crippen molar-refractivity contribution < 1.29 is 14.6 Å². The molecule has 4 saturated carbocycles. The molecule has 0 radical (unpaired) electrons. The largest absolute Gasteiger partial charge is 0.465 e. The highest BCUT2D eigenvalue weighted by Gasteiger charge is 2.70. The van der Waals surface area contributed by atoms with Gasteiger partial charge >= 0.3 is 5.97 Å². The molecule has 9 unspecified atom stereocenters. The minimum absolute atomic E-state index is 0.0650. The Morgan fingerprint density at radius 1 is 0.929 bits per heavy atom. The molecule has 1 N–H and O–H groups in total. The molecule has 0 saturated heterocycles. The second-order valence-electron chi connectivity index (χ2n) is 16.8. The molecule has 0 aliphatic heterocycles. The first kappa shape index (κ1) is 30.2. The van der Waals surface area contributed by atoms with E-state index in [1.54, 1.807) is 0 Å². The van der Waals surface area contributed by atoms with Gasteiger partial charge in [0.25, 0.3) is 0 Å². The third kappa shape index (κ3) is 4.04. The summed E-state index contributed by atoms with van der Waals surface area (Å²) >= 11 is 0. The van der Waals surface area contributed by atoms with Crippen LogP contribution in [0.25, 0.3) is 5.57 Å². The molecule has 0 heterocycles. The highest BCUT2D eigenvalue weighted by Crippen LogP contribution is 2.77. The van der Waals surface area contributed by atoms with Gasteiger partial charge in [-0.3, -0.25) is 0 Å². The zero-order valence-electron chi connectivity index (χ0n) is 27.5. The molecule has 5 aliphatic rings. The molecule has 0 bridgehead atoms. The highest BCUT2D eigenvalue weighted by atomic mass is 16.5. The summed E-state index contributed by atoms with van der Waals surface area (Å²) in [5, 5.41) is 10.8. The van der Waals surface area contributed by atoms with E-state index >= 15 is 0 Å². The normalized spacial score (nSPS) is 43.7. The number of hydrogen-bond donors (Lipinski definition) is 1. The second kappa shape index (κ2) is 10.1. The van der Waals surface area contributed by atoms with Gasteiger partial charge in [-0.2, -0.15) is 0 Å². The Labute approximate surface area is 255 Å². The molecular weight excluding hydrogens is 516 g/mol.